The number of hydrogen-bond donors (Lipinski definition) is 1. The fourth-order valence-electron chi connectivity index (χ4n) is 1.66. The van der Waals surface area contributed by atoms with E-state index in [9.17, 15) is 0 Å². The third-order valence-electron chi connectivity index (χ3n) is 2.46. The van der Waals surface area contributed by atoms with Gasteiger partial charge in [-0.3, -0.25) is 0 Å². The number of halogens is 2. The van der Waals surface area contributed by atoms with Crippen LogP contribution >= 0.6 is 23.2 Å². The number of aromatic amines is 1. The molecule has 0 radical (unpaired) electrons. The summed E-state index contributed by atoms with van der Waals surface area (Å²) in [6.07, 6.45) is 2.78. The molecule has 0 unspecified atom stereocenters. The summed E-state index contributed by atoms with van der Waals surface area (Å²) in [5.41, 5.74) is 1.97. The normalized spacial score (nSPS) is 11.1. The van der Waals surface area contributed by atoms with Gasteiger partial charge in [0.15, 0.2) is 0 Å². The first-order chi connectivity index (χ1) is 8.06. The number of hydrogen-bond acceptors (Lipinski definition) is 1. The lowest BCUT2D eigenvalue weighted by atomic mass is 10.1. The zero-order valence-corrected chi connectivity index (χ0v) is 11.3. The van der Waals surface area contributed by atoms with Crippen LogP contribution in [-0.2, 0) is 6.42 Å². The summed E-state index contributed by atoms with van der Waals surface area (Å²) in [7, 11) is 0. The minimum atomic E-state index is 0.559. The summed E-state index contributed by atoms with van der Waals surface area (Å²) < 4.78 is 0. The van der Waals surface area contributed by atoms with Gasteiger partial charge in [0.1, 0.15) is 5.82 Å². The van der Waals surface area contributed by atoms with Crippen LogP contribution in [0.2, 0.25) is 10.0 Å². The summed E-state index contributed by atoms with van der Waals surface area (Å²) in [6, 6.07) is 5.57. The summed E-state index contributed by atoms with van der Waals surface area (Å²) in [4.78, 5) is 7.65. The number of H-pyrrole nitrogens is 1. The molecule has 0 fully saturated rings. The van der Waals surface area contributed by atoms with Crippen LogP contribution in [0.1, 0.15) is 19.7 Å². The van der Waals surface area contributed by atoms with Gasteiger partial charge in [-0.05, 0) is 18.1 Å². The van der Waals surface area contributed by atoms with E-state index in [0.717, 1.165) is 23.5 Å². The molecular formula is C13H14Cl2N2. The number of imidazole rings is 1. The molecule has 0 saturated carbocycles. The number of aromatic nitrogens is 2. The first kappa shape index (κ1) is 12.5. The Morgan fingerprint density at radius 3 is 2.65 bits per heavy atom. The van der Waals surface area contributed by atoms with E-state index in [4.69, 9.17) is 23.2 Å². The first-order valence-corrected chi connectivity index (χ1v) is 6.31. The van der Waals surface area contributed by atoms with Gasteiger partial charge in [-0.2, -0.15) is 0 Å². The Labute approximate surface area is 111 Å². The van der Waals surface area contributed by atoms with Crippen LogP contribution in [-0.4, -0.2) is 9.97 Å². The molecule has 0 atom stereocenters. The van der Waals surface area contributed by atoms with Crippen molar-refractivity contribution in [3.63, 3.8) is 0 Å². The molecule has 2 aromatic rings. The van der Waals surface area contributed by atoms with Gasteiger partial charge < -0.3 is 4.98 Å². The largest absolute Gasteiger partial charge is 0.342 e. The molecule has 0 aliphatic rings. The number of rotatable bonds is 3. The number of nitrogens with zero attached hydrogens (tertiary/aromatic N) is 1. The van der Waals surface area contributed by atoms with Crippen LogP contribution in [0, 0.1) is 5.92 Å². The highest BCUT2D eigenvalue weighted by atomic mass is 35.5. The summed E-state index contributed by atoms with van der Waals surface area (Å²) >= 11 is 11.9. The number of benzene rings is 1. The predicted molar refractivity (Wildman–Crippen MR) is 72.6 cm³/mol. The topological polar surface area (TPSA) is 28.7 Å². The Balaban J connectivity index is 2.27. The molecule has 0 aliphatic heterocycles. The lowest BCUT2D eigenvalue weighted by Crippen LogP contribution is -1.95. The molecule has 2 rings (SSSR count). The van der Waals surface area contributed by atoms with Crippen molar-refractivity contribution in [3.05, 3.63) is 40.3 Å². The van der Waals surface area contributed by atoms with E-state index in [1.54, 1.807) is 6.07 Å². The van der Waals surface area contributed by atoms with Gasteiger partial charge in [0.25, 0.3) is 0 Å². The van der Waals surface area contributed by atoms with Crippen LogP contribution in [0.25, 0.3) is 11.3 Å². The van der Waals surface area contributed by atoms with E-state index in [1.807, 2.05) is 18.3 Å². The third-order valence-corrected chi connectivity index (χ3v) is 3.20. The molecule has 1 aromatic heterocycles. The number of nitrogens with one attached hydrogen (secondary N) is 1. The quantitative estimate of drug-likeness (QED) is 0.867. The Morgan fingerprint density at radius 2 is 2.00 bits per heavy atom. The van der Waals surface area contributed by atoms with Crippen LogP contribution in [0.15, 0.2) is 24.4 Å². The van der Waals surface area contributed by atoms with Gasteiger partial charge in [-0.1, -0.05) is 43.1 Å². The Morgan fingerprint density at radius 1 is 1.24 bits per heavy atom. The van der Waals surface area contributed by atoms with E-state index in [-0.39, 0.29) is 0 Å². The van der Waals surface area contributed by atoms with Gasteiger partial charge >= 0.3 is 0 Å². The van der Waals surface area contributed by atoms with Crippen LogP contribution in [0.4, 0.5) is 0 Å². The van der Waals surface area contributed by atoms with Crippen LogP contribution < -0.4 is 0 Å². The molecule has 1 aromatic carbocycles. The predicted octanol–water partition coefficient (Wildman–Crippen LogP) is 4.58. The van der Waals surface area contributed by atoms with Crippen molar-refractivity contribution in [3.8, 4) is 11.3 Å². The van der Waals surface area contributed by atoms with E-state index in [0.29, 0.717) is 16.0 Å². The zero-order valence-electron chi connectivity index (χ0n) is 9.80. The fraction of sp³-hybridized carbons (Fsp3) is 0.308. The molecule has 1 heterocycles. The average molecular weight is 269 g/mol. The summed E-state index contributed by atoms with van der Waals surface area (Å²) in [6.45, 7) is 4.34. The SMILES string of the molecule is CC(C)Cc1ncc(-c2ccc(Cl)c(Cl)c2)[nH]1. The molecule has 4 heteroatoms. The third kappa shape index (κ3) is 3.02. The van der Waals surface area contributed by atoms with E-state index in [2.05, 4.69) is 23.8 Å². The molecule has 90 valence electrons. The summed E-state index contributed by atoms with van der Waals surface area (Å²) in [5.74, 6) is 1.59. The van der Waals surface area contributed by atoms with Gasteiger partial charge in [0.2, 0.25) is 0 Å². The highest BCUT2D eigenvalue weighted by Crippen LogP contribution is 2.27. The lowest BCUT2D eigenvalue weighted by Gasteiger charge is -2.01. The second-order valence-corrected chi connectivity index (χ2v) is 5.28. The minimum Gasteiger partial charge on any atom is -0.342 e. The van der Waals surface area contributed by atoms with E-state index < -0.39 is 0 Å². The molecule has 0 bridgehead atoms. The maximum absolute atomic E-state index is 5.99. The fourth-order valence-corrected chi connectivity index (χ4v) is 1.96. The van der Waals surface area contributed by atoms with E-state index in [1.165, 1.54) is 0 Å². The highest BCUT2D eigenvalue weighted by molar-refractivity contribution is 6.42. The van der Waals surface area contributed by atoms with Crippen molar-refractivity contribution in [2.75, 3.05) is 0 Å². The van der Waals surface area contributed by atoms with Crippen LogP contribution in [0.3, 0.4) is 0 Å². The summed E-state index contributed by atoms with van der Waals surface area (Å²) in [5, 5.41) is 1.13. The monoisotopic (exact) mass is 268 g/mol. The molecule has 0 saturated heterocycles. The first-order valence-electron chi connectivity index (χ1n) is 5.55. The van der Waals surface area contributed by atoms with Crippen molar-refractivity contribution in [2.24, 2.45) is 5.92 Å². The van der Waals surface area contributed by atoms with Crippen molar-refractivity contribution < 1.29 is 0 Å². The smallest absolute Gasteiger partial charge is 0.106 e. The second kappa shape index (κ2) is 5.11. The Kier molecular flexibility index (Phi) is 3.75. The van der Waals surface area contributed by atoms with Crippen molar-refractivity contribution >= 4 is 23.2 Å². The standard InChI is InChI=1S/C13H14Cl2N2/c1-8(2)5-13-16-7-12(17-13)9-3-4-10(14)11(15)6-9/h3-4,6-8H,5H2,1-2H3,(H,16,17). The lowest BCUT2D eigenvalue weighted by molar-refractivity contribution is 0.626. The van der Waals surface area contributed by atoms with Gasteiger partial charge in [0.05, 0.1) is 21.9 Å². The molecule has 1 N–H and O–H groups in total. The maximum atomic E-state index is 5.99. The van der Waals surface area contributed by atoms with Crippen molar-refractivity contribution in [1.29, 1.82) is 0 Å². The van der Waals surface area contributed by atoms with E-state index >= 15 is 0 Å². The highest BCUT2D eigenvalue weighted by Gasteiger charge is 2.06. The Bertz CT molecular complexity index is 518. The molecule has 17 heavy (non-hydrogen) atoms. The van der Waals surface area contributed by atoms with Gasteiger partial charge in [0, 0.05) is 12.0 Å². The Hall–Kier alpha value is -0.990. The maximum Gasteiger partial charge on any atom is 0.106 e. The average Bonchev–Trinajstić information content (AvgIpc) is 2.69. The molecule has 2 nitrogen and oxygen atoms in total. The second-order valence-electron chi connectivity index (χ2n) is 4.47. The molecule has 0 amide bonds. The van der Waals surface area contributed by atoms with Gasteiger partial charge in [-0.15, -0.1) is 0 Å². The minimum absolute atomic E-state index is 0.559. The van der Waals surface area contributed by atoms with Crippen molar-refractivity contribution in [2.45, 2.75) is 20.3 Å². The molecule has 0 spiro atoms. The molecular weight excluding hydrogens is 255 g/mol. The van der Waals surface area contributed by atoms with Crippen LogP contribution in [0.5, 0.6) is 0 Å². The zero-order chi connectivity index (χ0) is 12.4. The molecule has 0 aliphatic carbocycles. The van der Waals surface area contributed by atoms with Gasteiger partial charge in [-0.25, -0.2) is 4.98 Å². The van der Waals surface area contributed by atoms with Crippen molar-refractivity contribution in [1.82, 2.24) is 9.97 Å².